The summed E-state index contributed by atoms with van der Waals surface area (Å²) in [5.41, 5.74) is 0.406. The fourth-order valence-corrected chi connectivity index (χ4v) is 5.06. The fraction of sp³-hybridized carbons (Fsp3) is 0.188. The molecule has 1 aliphatic heterocycles. The van der Waals surface area contributed by atoms with E-state index in [1.54, 1.807) is 11.0 Å². The number of anilines is 1. The number of phenols is 1. The van der Waals surface area contributed by atoms with Crippen molar-refractivity contribution < 1.29 is 18.3 Å². The Bertz CT molecular complexity index is 994. The highest BCUT2D eigenvalue weighted by Gasteiger charge is 2.27. The third kappa shape index (κ3) is 3.88. The van der Waals surface area contributed by atoms with Crippen molar-refractivity contribution in [2.75, 3.05) is 17.8 Å². The van der Waals surface area contributed by atoms with Gasteiger partial charge in [-0.1, -0.05) is 23.2 Å². The molecule has 0 unspecified atom stereocenters. The second-order valence-electron chi connectivity index (χ2n) is 5.68. The number of amides is 1. The summed E-state index contributed by atoms with van der Waals surface area (Å²) in [6.07, 6.45) is 0.902. The van der Waals surface area contributed by atoms with Crippen molar-refractivity contribution in [1.82, 2.24) is 4.90 Å². The van der Waals surface area contributed by atoms with Gasteiger partial charge in [0, 0.05) is 27.2 Å². The van der Waals surface area contributed by atoms with Crippen molar-refractivity contribution in [3.05, 3.63) is 49.5 Å². The van der Waals surface area contributed by atoms with Crippen LogP contribution in [0.3, 0.4) is 0 Å². The lowest BCUT2D eigenvalue weighted by Gasteiger charge is -2.31. The first kappa shape index (κ1) is 19.5. The number of carbonyl (C=O) groups excluding carboxylic acids is 1. The molecule has 6 nitrogen and oxygen atoms in total. The van der Waals surface area contributed by atoms with Crippen LogP contribution in [-0.4, -0.2) is 37.4 Å². The Balaban J connectivity index is 2.00. The number of hydrogen-bond acceptors (Lipinski definition) is 4. The van der Waals surface area contributed by atoms with E-state index in [9.17, 15) is 18.3 Å². The topological polar surface area (TPSA) is 86.7 Å². The molecule has 2 aromatic rings. The monoisotopic (exact) mass is 526 g/mol. The summed E-state index contributed by atoms with van der Waals surface area (Å²) in [4.78, 5) is 13.5. The maximum atomic E-state index is 12.7. The van der Waals surface area contributed by atoms with E-state index in [0.29, 0.717) is 27.4 Å². The van der Waals surface area contributed by atoms with Gasteiger partial charge in [0.2, 0.25) is 0 Å². The molecule has 1 amide bonds. The van der Waals surface area contributed by atoms with E-state index in [4.69, 9.17) is 23.2 Å². The van der Waals surface area contributed by atoms with Gasteiger partial charge in [-0.2, -0.15) is 0 Å². The third-order valence-corrected chi connectivity index (χ3v) is 6.68. The van der Waals surface area contributed by atoms with Crippen LogP contribution in [0.1, 0.15) is 16.8 Å². The number of nitrogens with one attached hydrogen (secondary N) is 1. The normalized spacial score (nSPS) is 14.0. The van der Waals surface area contributed by atoms with E-state index in [1.165, 1.54) is 18.2 Å². The number of sulfonamides is 1. The smallest absolute Gasteiger partial charge is 0.265 e. The number of hydrogen-bond donors (Lipinski definition) is 2. The van der Waals surface area contributed by atoms with Gasteiger partial charge in [-0.05, 0) is 59.3 Å². The van der Waals surface area contributed by atoms with Gasteiger partial charge in [0.05, 0.1) is 10.7 Å². The molecule has 0 spiro atoms. The third-order valence-electron chi connectivity index (χ3n) is 3.88. The predicted octanol–water partition coefficient (Wildman–Crippen LogP) is 3.95. The Morgan fingerprint density at radius 2 is 1.88 bits per heavy atom. The van der Waals surface area contributed by atoms with E-state index in [1.807, 2.05) is 22.6 Å². The van der Waals surface area contributed by atoms with Crippen LogP contribution in [0.25, 0.3) is 0 Å². The average Bonchev–Trinajstić information content (AvgIpc) is 2.50. The van der Waals surface area contributed by atoms with Crippen molar-refractivity contribution in [2.24, 2.45) is 0 Å². The standard InChI is InChI=1S/C16H13Cl2IN2O4S/c17-10-2-3-13(12(19)8-10)20-26(24,25)14-7-9(6-11(18)15(14)22)16(23)21-4-1-5-21/h2-3,6-8,20,22H,1,4-5H2. The molecule has 0 bridgehead atoms. The molecule has 0 aromatic heterocycles. The summed E-state index contributed by atoms with van der Waals surface area (Å²) < 4.78 is 28.5. The molecule has 10 heteroatoms. The molecule has 2 N–H and O–H groups in total. The summed E-state index contributed by atoms with van der Waals surface area (Å²) >= 11 is 13.8. The number of aromatic hydroxyl groups is 1. The molecule has 3 rings (SSSR count). The molecule has 0 atom stereocenters. The minimum absolute atomic E-state index is 0.110. The Morgan fingerprint density at radius 3 is 2.46 bits per heavy atom. The molecule has 138 valence electrons. The zero-order chi connectivity index (χ0) is 19.1. The second kappa shape index (κ2) is 7.41. The Hall–Kier alpha value is -1.23. The number of likely N-dealkylation sites (tertiary alicyclic amines) is 1. The van der Waals surface area contributed by atoms with Crippen molar-refractivity contribution in [1.29, 1.82) is 0 Å². The van der Waals surface area contributed by atoms with Gasteiger partial charge >= 0.3 is 0 Å². The summed E-state index contributed by atoms with van der Waals surface area (Å²) in [5, 5.41) is 10.4. The van der Waals surface area contributed by atoms with Crippen LogP contribution in [0.5, 0.6) is 5.75 Å². The molecule has 0 radical (unpaired) electrons. The van der Waals surface area contributed by atoms with Gasteiger partial charge in [-0.15, -0.1) is 0 Å². The SMILES string of the molecule is O=C(c1cc(Cl)c(O)c(S(=O)(=O)Nc2ccc(Cl)cc2I)c1)N1CCC1. The van der Waals surface area contributed by atoms with E-state index in [0.717, 1.165) is 12.5 Å². The van der Waals surface area contributed by atoms with Gasteiger partial charge in [0.25, 0.3) is 15.9 Å². The molecule has 26 heavy (non-hydrogen) atoms. The van der Waals surface area contributed by atoms with Crippen molar-refractivity contribution in [3.63, 3.8) is 0 Å². The maximum Gasteiger partial charge on any atom is 0.265 e. The first-order valence-electron chi connectivity index (χ1n) is 7.49. The Kier molecular flexibility index (Phi) is 5.57. The minimum Gasteiger partial charge on any atom is -0.505 e. The molecule has 1 fully saturated rings. The van der Waals surface area contributed by atoms with Gasteiger partial charge in [0.15, 0.2) is 5.75 Å². The average molecular weight is 527 g/mol. The summed E-state index contributed by atoms with van der Waals surface area (Å²) in [6.45, 7) is 1.22. The Morgan fingerprint density at radius 1 is 1.19 bits per heavy atom. The van der Waals surface area contributed by atoms with Gasteiger partial charge in [-0.25, -0.2) is 8.42 Å². The van der Waals surface area contributed by atoms with E-state index >= 15 is 0 Å². The Labute approximate surface area is 174 Å². The van der Waals surface area contributed by atoms with Crippen molar-refractivity contribution >= 4 is 67.4 Å². The number of carbonyl (C=O) groups is 1. The number of rotatable bonds is 4. The molecule has 1 aliphatic rings. The molecule has 0 aliphatic carbocycles. The number of nitrogens with zero attached hydrogens (tertiary/aromatic N) is 1. The lowest BCUT2D eigenvalue weighted by molar-refractivity contribution is 0.0651. The van der Waals surface area contributed by atoms with Crippen LogP contribution < -0.4 is 4.72 Å². The summed E-state index contributed by atoms with van der Waals surface area (Å²) in [7, 11) is -4.18. The lowest BCUT2D eigenvalue weighted by atomic mass is 10.1. The molecule has 0 saturated carbocycles. The first-order valence-corrected chi connectivity index (χ1v) is 10.8. The van der Waals surface area contributed by atoms with E-state index in [-0.39, 0.29) is 16.5 Å². The first-order chi connectivity index (χ1) is 12.2. The van der Waals surface area contributed by atoms with Crippen LogP contribution in [0, 0.1) is 3.57 Å². The van der Waals surface area contributed by atoms with E-state index in [2.05, 4.69) is 4.72 Å². The molecular weight excluding hydrogens is 514 g/mol. The van der Waals surface area contributed by atoms with Gasteiger partial charge in [0.1, 0.15) is 4.90 Å². The number of phenolic OH excluding ortho intramolecular Hbond substituents is 1. The summed E-state index contributed by atoms with van der Waals surface area (Å²) in [6, 6.07) is 7.04. The van der Waals surface area contributed by atoms with Crippen LogP contribution in [0.4, 0.5) is 5.69 Å². The zero-order valence-electron chi connectivity index (χ0n) is 13.2. The maximum absolute atomic E-state index is 12.7. The largest absolute Gasteiger partial charge is 0.505 e. The molecular formula is C16H13Cl2IN2O4S. The minimum atomic E-state index is -4.18. The van der Waals surface area contributed by atoms with Crippen LogP contribution in [0.2, 0.25) is 10.0 Å². The van der Waals surface area contributed by atoms with Crippen molar-refractivity contribution in [3.8, 4) is 5.75 Å². The highest BCUT2D eigenvalue weighted by molar-refractivity contribution is 14.1. The lowest BCUT2D eigenvalue weighted by Crippen LogP contribution is -2.42. The molecule has 2 aromatic carbocycles. The highest BCUT2D eigenvalue weighted by Crippen LogP contribution is 2.35. The van der Waals surface area contributed by atoms with Crippen LogP contribution in [0.15, 0.2) is 35.2 Å². The summed E-state index contributed by atoms with van der Waals surface area (Å²) in [5.74, 6) is -0.932. The zero-order valence-corrected chi connectivity index (χ0v) is 17.7. The number of benzene rings is 2. The number of halogens is 3. The second-order valence-corrected chi connectivity index (χ2v) is 9.34. The van der Waals surface area contributed by atoms with Crippen LogP contribution in [-0.2, 0) is 10.0 Å². The van der Waals surface area contributed by atoms with Gasteiger partial charge < -0.3 is 10.0 Å². The molecule has 1 saturated heterocycles. The van der Waals surface area contributed by atoms with Gasteiger partial charge in [-0.3, -0.25) is 9.52 Å². The fourth-order valence-electron chi connectivity index (χ4n) is 2.38. The molecule has 1 heterocycles. The van der Waals surface area contributed by atoms with Crippen molar-refractivity contribution in [2.45, 2.75) is 11.3 Å². The quantitative estimate of drug-likeness (QED) is 0.590. The van der Waals surface area contributed by atoms with E-state index < -0.39 is 20.7 Å². The predicted molar refractivity (Wildman–Crippen MR) is 109 cm³/mol. The van der Waals surface area contributed by atoms with Crippen LogP contribution >= 0.6 is 45.8 Å². The highest BCUT2D eigenvalue weighted by atomic mass is 127.